The van der Waals surface area contributed by atoms with E-state index in [9.17, 15) is 5.11 Å². The zero-order valence-corrected chi connectivity index (χ0v) is 10.0. The lowest BCUT2D eigenvalue weighted by atomic mass is 10.1. The second-order valence-corrected chi connectivity index (χ2v) is 4.28. The summed E-state index contributed by atoms with van der Waals surface area (Å²) in [5.41, 5.74) is 1.59. The number of aromatic nitrogens is 3. The second-order valence-electron chi connectivity index (χ2n) is 3.36. The molecule has 0 aromatic carbocycles. The average Bonchev–Trinajstić information content (AvgIpc) is 2.33. The van der Waals surface area contributed by atoms with Crippen molar-refractivity contribution >= 4 is 15.9 Å². The molecule has 16 heavy (non-hydrogen) atoms. The maximum atomic E-state index is 9.92. The predicted molar refractivity (Wildman–Crippen MR) is 62.6 cm³/mol. The molecule has 0 aliphatic carbocycles. The molecule has 4 nitrogen and oxygen atoms in total. The lowest BCUT2D eigenvalue weighted by Gasteiger charge is -2.09. The van der Waals surface area contributed by atoms with Crippen LogP contribution < -0.4 is 0 Å². The van der Waals surface area contributed by atoms with Crippen LogP contribution in [0.15, 0.2) is 41.3 Å². The molecule has 2 aromatic heterocycles. The fourth-order valence-corrected chi connectivity index (χ4v) is 1.58. The molecule has 0 saturated heterocycles. The van der Waals surface area contributed by atoms with Crippen LogP contribution in [0.4, 0.5) is 0 Å². The lowest BCUT2D eigenvalue weighted by Crippen LogP contribution is -2.03. The van der Waals surface area contributed by atoms with Crippen LogP contribution in [0.1, 0.15) is 17.4 Å². The van der Waals surface area contributed by atoms with Crippen molar-refractivity contribution < 1.29 is 5.11 Å². The van der Waals surface area contributed by atoms with Gasteiger partial charge in [0.1, 0.15) is 0 Å². The summed E-state index contributed by atoms with van der Waals surface area (Å²) in [5, 5.41) is 17.3. The number of halogens is 1. The summed E-state index contributed by atoms with van der Waals surface area (Å²) in [6.45, 7) is 0. The number of aliphatic hydroxyl groups is 1. The molecule has 0 saturated carbocycles. The second kappa shape index (κ2) is 5.14. The topological polar surface area (TPSA) is 58.9 Å². The molecule has 82 valence electrons. The molecule has 1 N–H and O–H groups in total. The molecule has 0 bridgehead atoms. The van der Waals surface area contributed by atoms with Crippen molar-refractivity contribution in [2.24, 2.45) is 0 Å². The van der Waals surface area contributed by atoms with Gasteiger partial charge in [-0.15, -0.1) is 0 Å². The number of rotatable bonds is 3. The number of hydrogen-bond donors (Lipinski definition) is 1. The van der Waals surface area contributed by atoms with Gasteiger partial charge in [0.2, 0.25) is 0 Å². The van der Waals surface area contributed by atoms with Crippen molar-refractivity contribution in [1.82, 2.24) is 15.2 Å². The Balaban J connectivity index is 2.08. The molecular formula is C11H10BrN3O. The van der Waals surface area contributed by atoms with E-state index in [2.05, 4.69) is 31.1 Å². The molecule has 2 heterocycles. The Morgan fingerprint density at radius 1 is 1.19 bits per heavy atom. The van der Waals surface area contributed by atoms with E-state index in [1.54, 1.807) is 24.7 Å². The highest BCUT2D eigenvalue weighted by atomic mass is 79.9. The smallest absolute Gasteiger partial charge is 0.0861 e. The zero-order chi connectivity index (χ0) is 11.4. The summed E-state index contributed by atoms with van der Waals surface area (Å²) in [6, 6.07) is 5.53. The maximum absolute atomic E-state index is 9.92. The van der Waals surface area contributed by atoms with Crippen LogP contribution in [0.3, 0.4) is 0 Å². The molecule has 2 rings (SSSR count). The van der Waals surface area contributed by atoms with E-state index in [4.69, 9.17) is 0 Å². The fraction of sp³-hybridized carbons (Fsp3) is 0.182. The minimum atomic E-state index is -0.593. The Hall–Kier alpha value is -1.33. The normalized spacial score (nSPS) is 12.4. The summed E-state index contributed by atoms with van der Waals surface area (Å²) in [7, 11) is 0. The van der Waals surface area contributed by atoms with Gasteiger partial charge >= 0.3 is 0 Å². The van der Waals surface area contributed by atoms with E-state index < -0.39 is 6.10 Å². The lowest BCUT2D eigenvalue weighted by molar-refractivity contribution is 0.176. The zero-order valence-electron chi connectivity index (χ0n) is 8.42. The summed E-state index contributed by atoms with van der Waals surface area (Å²) in [6.07, 6.45) is 4.72. The van der Waals surface area contributed by atoms with Crippen molar-refractivity contribution in [3.8, 4) is 0 Å². The largest absolute Gasteiger partial charge is 0.388 e. The van der Waals surface area contributed by atoms with E-state index in [1.807, 2.05) is 12.1 Å². The van der Waals surface area contributed by atoms with E-state index in [-0.39, 0.29) is 0 Å². The standard InChI is InChI=1S/C11H10BrN3O/c12-9-1-2-10(13-7-9)5-11(16)8-3-4-14-15-6-8/h1-4,6-7,11,16H,5H2. The third kappa shape index (κ3) is 2.84. The van der Waals surface area contributed by atoms with Gasteiger partial charge in [-0.1, -0.05) is 0 Å². The summed E-state index contributed by atoms with van der Waals surface area (Å²) >= 11 is 3.31. The predicted octanol–water partition coefficient (Wildman–Crippen LogP) is 1.91. The fourth-order valence-electron chi connectivity index (χ4n) is 1.34. The van der Waals surface area contributed by atoms with Gasteiger partial charge in [-0.05, 0) is 34.1 Å². The van der Waals surface area contributed by atoms with E-state index in [1.165, 1.54) is 0 Å². The number of nitrogens with zero attached hydrogens (tertiary/aromatic N) is 3. The molecule has 5 heteroatoms. The molecule has 0 spiro atoms. The van der Waals surface area contributed by atoms with Gasteiger partial charge in [-0.2, -0.15) is 10.2 Å². The first-order chi connectivity index (χ1) is 7.75. The van der Waals surface area contributed by atoms with Gasteiger partial charge in [-0.3, -0.25) is 4.98 Å². The van der Waals surface area contributed by atoms with Crippen LogP contribution in [0.2, 0.25) is 0 Å². The van der Waals surface area contributed by atoms with Crippen molar-refractivity contribution in [2.75, 3.05) is 0 Å². The average molecular weight is 280 g/mol. The molecule has 1 unspecified atom stereocenters. The van der Waals surface area contributed by atoms with Crippen LogP contribution in [0.5, 0.6) is 0 Å². The van der Waals surface area contributed by atoms with Gasteiger partial charge in [-0.25, -0.2) is 0 Å². The number of aliphatic hydroxyl groups excluding tert-OH is 1. The number of pyridine rings is 1. The summed E-state index contributed by atoms with van der Waals surface area (Å²) in [4.78, 5) is 4.20. The van der Waals surface area contributed by atoms with Crippen LogP contribution in [0.25, 0.3) is 0 Å². The van der Waals surface area contributed by atoms with Crippen LogP contribution in [-0.2, 0) is 6.42 Å². The summed E-state index contributed by atoms with van der Waals surface area (Å²) in [5.74, 6) is 0. The Labute approximate surface area is 102 Å². The molecule has 0 aliphatic heterocycles. The summed E-state index contributed by atoms with van der Waals surface area (Å²) < 4.78 is 0.927. The maximum Gasteiger partial charge on any atom is 0.0861 e. The van der Waals surface area contributed by atoms with Crippen molar-refractivity contribution in [3.63, 3.8) is 0 Å². The van der Waals surface area contributed by atoms with Crippen LogP contribution in [-0.4, -0.2) is 20.3 Å². The number of hydrogen-bond acceptors (Lipinski definition) is 4. The third-order valence-corrected chi connectivity index (χ3v) is 2.65. The van der Waals surface area contributed by atoms with Gasteiger partial charge in [0.25, 0.3) is 0 Å². The molecular weight excluding hydrogens is 270 g/mol. The van der Waals surface area contributed by atoms with Gasteiger partial charge < -0.3 is 5.11 Å². The molecule has 0 aliphatic rings. The molecule has 0 amide bonds. The Bertz CT molecular complexity index is 447. The molecule has 0 radical (unpaired) electrons. The van der Waals surface area contributed by atoms with Gasteiger partial charge in [0.15, 0.2) is 0 Å². The highest BCUT2D eigenvalue weighted by Gasteiger charge is 2.09. The monoisotopic (exact) mass is 279 g/mol. The van der Waals surface area contributed by atoms with Crippen molar-refractivity contribution in [2.45, 2.75) is 12.5 Å². The minimum absolute atomic E-state index is 0.471. The van der Waals surface area contributed by atoms with E-state index in [0.717, 1.165) is 15.7 Å². The quantitative estimate of drug-likeness (QED) is 0.933. The highest BCUT2D eigenvalue weighted by molar-refractivity contribution is 9.10. The van der Waals surface area contributed by atoms with Crippen LogP contribution >= 0.6 is 15.9 Å². The molecule has 2 aromatic rings. The Morgan fingerprint density at radius 3 is 2.69 bits per heavy atom. The van der Waals surface area contributed by atoms with Crippen molar-refractivity contribution in [3.05, 3.63) is 52.5 Å². The Morgan fingerprint density at radius 2 is 2.06 bits per heavy atom. The van der Waals surface area contributed by atoms with Crippen molar-refractivity contribution in [1.29, 1.82) is 0 Å². The molecule has 0 fully saturated rings. The highest BCUT2D eigenvalue weighted by Crippen LogP contribution is 2.16. The third-order valence-electron chi connectivity index (χ3n) is 2.18. The molecule has 1 atom stereocenters. The van der Waals surface area contributed by atoms with Crippen LogP contribution in [0, 0.1) is 0 Å². The first-order valence-corrected chi connectivity index (χ1v) is 5.60. The minimum Gasteiger partial charge on any atom is -0.388 e. The van der Waals surface area contributed by atoms with Gasteiger partial charge in [0.05, 0.1) is 12.3 Å². The first-order valence-electron chi connectivity index (χ1n) is 4.81. The Kier molecular flexibility index (Phi) is 3.58. The van der Waals surface area contributed by atoms with E-state index >= 15 is 0 Å². The SMILES string of the molecule is OC(Cc1ccc(Br)cn1)c1ccnnc1. The van der Waals surface area contributed by atoms with E-state index in [0.29, 0.717) is 6.42 Å². The van der Waals surface area contributed by atoms with Gasteiger partial charge in [0, 0.05) is 34.5 Å². The first kappa shape index (κ1) is 11.2.